The van der Waals surface area contributed by atoms with E-state index in [2.05, 4.69) is 215 Å². The van der Waals surface area contributed by atoms with Crippen molar-refractivity contribution >= 4 is 45.5 Å². The Morgan fingerprint density at radius 3 is 0.404 bits per heavy atom. The molecular formula is C48H36N4. The van der Waals surface area contributed by atoms with Gasteiger partial charge in [0.2, 0.25) is 0 Å². The van der Waals surface area contributed by atoms with Gasteiger partial charge in [-0.2, -0.15) is 0 Å². The normalized spacial score (nSPS) is 11.7. The Morgan fingerprint density at radius 1 is 0.154 bits per heavy atom. The minimum Gasteiger partial charge on any atom is -0.355 e. The van der Waals surface area contributed by atoms with E-state index in [9.17, 15) is 0 Å². The Kier molecular flexibility index (Phi) is 8.16. The van der Waals surface area contributed by atoms with Crippen molar-refractivity contribution in [1.29, 1.82) is 0 Å². The van der Waals surface area contributed by atoms with Crippen LogP contribution < -0.4 is 21.3 Å². The SMILES string of the molecule is c1ccc2c(c1)Nc1ccccc1-c1ccccc1Nc1ccccc1-c1ccccc1Nc1ccccc1-c1ccccc1Nc1ccccc1-2. The molecule has 0 aromatic heterocycles. The number of rotatable bonds is 0. The molecule has 0 aliphatic carbocycles. The van der Waals surface area contributed by atoms with Gasteiger partial charge in [-0.3, -0.25) is 0 Å². The van der Waals surface area contributed by atoms with E-state index < -0.39 is 0 Å². The van der Waals surface area contributed by atoms with Crippen LogP contribution in [-0.4, -0.2) is 0 Å². The van der Waals surface area contributed by atoms with Gasteiger partial charge >= 0.3 is 0 Å². The molecule has 0 fully saturated rings. The zero-order chi connectivity index (χ0) is 34.7. The van der Waals surface area contributed by atoms with Gasteiger partial charge in [-0.1, -0.05) is 146 Å². The second kappa shape index (κ2) is 13.7. The van der Waals surface area contributed by atoms with Crippen LogP contribution in [0.2, 0.25) is 0 Å². The number of nitrogens with one attached hydrogen (secondary N) is 4. The highest BCUT2D eigenvalue weighted by molar-refractivity contribution is 5.98. The summed E-state index contributed by atoms with van der Waals surface area (Å²) in [5.41, 5.74) is 17.0. The molecule has 4 nitrogen and oxygen atoms in total. The van der Waals surface area contributed by atoms with Crippen LogP contribution in [0.15, 0.2) is 194 Å². The molecule has 1 heterocycles. The highest BCUT2D eigenvalue weighted by Gasteiger charge is 2.18. The molecule has 1 aliphatic rings. The van der Waals surface area contributed by atoms with Crippen LogP contribution in [0, 0.1) is 0 Å². The molecule has 248 valence electrons. The van der Waals surface area contributed by atoms with E-state index in [1.54, 1.807) is 0 Å². The number of para-hydroxylation sites is 8. The van der Waals surface area contributed by atoms with Crippen LogP contribution >= 0.6 is 0 Å². The van der Waals surface area contributed by atoms with E-state index in [0.717, 1.165) is 90.0 Å². The van der Waals surface area contributed by atoms with Crippen molar-refractivity contribution in [2.24, 2.45) is 0 Å². The quantitative estimate of drug-likeness (QED) is 0.130. The van der Waals surface area contributed by atoms with Gasteiger partial charge in [0.25, 0.3) is 0 Å². The molecule has 8 aromatic carbocycles. The van der Waals surface area contributed by atoms with Gasteiger partial charge in [-0.15, -0.1) is 0 Å². The molecular weight excluding hydrogens is 633 g/mol. The second-order valence-electron chi connectivity index (χ2n) is 12.9. The van der Waals surface area contributed by atoms with Gasteiger partial charge in [0.05, 0.1) is 0 Å². The van der Waals surface area contributed by atoms with E-state index >= 15 is 0 Å². The fourth-order valence-corrected chi connectivity index (χ4v) is 7.20. The average Bonchev–Trinajstić information content (AvgIpc) is 3.20. The van der Waals surface area contributed by atoms with Gasteiger partial charge in [-0.25, -0.2) is 0 Å². The predicted molar refractivity (Wildman–Crippen MR) is 221 cm³/mol. The Bertz CT molecular complexity index is 2020. The molecule has 0 saturated carbocycles. The van der Waals surface area contributed by atoms with Crippen molar-refractivity contribution in [3.05, 3.63) is 194 Å². The summed E-state index contributed by atoms with van der Waals surface area (Å²) in [4.78, 5) is 0. The molecule has 9 rings (SSSR count). The lowest BCUT2D eigenvalue weighted by Gasteiger charge is -2.22. The third-order valence-corrected chi connectivity index (χ3v) is 9.65. The fourth-order valence-electron chi connectivity index (χ4n) is 7.20. The fraction of sp³-hybridized carbons (Fsp3) is 0. The Morgan fingerprint density at radius 2 is 0.269 bits per heavy atom. The average molecular weight is 669 g/mol. The topological polar surface area (TPSA) is 48.1 Å². The maximum absolute atomic E-state index is 3.85. The maximum Gasteiger partial charge on any atom is 0.0464 e. The van der Waals surface area contributed by atoms with Crippen LogP contribution in [0.4, 0.5) is 45.5 Å². The standard InChI is InChI=1S/C48H36N4/c1-9-25-41-33(17-1)34-18-2-10-26-42(34)50-44-28-12-4-21-37(44)38-22-6-14-30-46(38)52-48-32-16-8-24-40(48)39-23-7-15-31-47(39)51-45-29-13-5-20-36(45)35-19-3-11-27-43(35)49-41/h1-32,49-52H. The minimum atomic E-state index is 1.02. The smallest absolute Gasteiger partial charge is 0.0464 e. The number of benzene rings is 8. The summed E-state index contributed by atoms with van der Waals surface area (Å²) in [7, 11) is 0. The van der Waals surface area contributed by atoms with E-state index in [1.807, 2.05) is 0 Å². The highest BCUT2D eigenvalue weighted by atomic mass is 14.9. The van der Waals surface area contributed by atoms with Crippen molar-refractivity contribution in [2.75, 3.05) is 21.3 Å². The van der Waals surface area contributed by atoms with E-state index in [-0.39, 0.29) is 0 Å². The highest BCUT2D eigenvalue weighted by Crippen LogP contribution is 2.44. The van der Waals surface area contributed by atoms with Gasteiger partial charge < -0.3 is 21.3 Å². The molecule has 4 N–H and O–H groups in total. The van der Waals surface area contributed by atoms with E-state index in [4.69, 9.17) is 0 Å². The van der Waals surface area contributed by atoms with Crippen molar-refractivity contribution < 1.29 is 0 Å². The Hall–Kier alpha value is -7.04. The first-order valence-corrected chi connectivity index (χ1v) is 17.6. The van der Waals surface area contributed by atoms with Crippen LogP contribution in [0.25, 0.3) is 44.5 Å². The molecule has 0 amide bonds. The predicted octanol–water partition coefficient (Wildman–Crippen LogP) is 13.6. The third-order valence-electron chi connectivity index (χ3n) is 9.65. The van der Waals surface area contributed by atoms with Gasteiger partial charge in [0.15, 0.2) is 0 Å². The molecule has 4 heteroatoms. The Labute approximate surface area is 304 Å². The number of anilines is 8. The summed E-state index contributed by atoms with van der Waals surface area (Å²) in [5.74, 6) is 0. The van der Waals surface area contributed by atoms with Crippen molar-refractivity contribution in [1.82, 2.24) is 0 Å². The van der Waals surface area contributed by atoms with Crippen molar-refractivity contribution in [3.63, 3.8) is 0 Å². The van der Waals surface area contributed by atoms with Gasteiger partial charge in [-0.05, 0) is 48.5 Å². The van der Waals surface area contributed by atoms with E-state index in [0.29, 0.717) is 0 Å². The molecule has 1 aliphatic heterocycles. The largest absolute Gasteiger partial charge is 0.355 e. The first-order chi connectivity index (χ1) is 25.8. The molecule has 0 radical (unpaired) electrons. The lowest BCUT2D eigenvalue weighted by molar-refractivity contribution is 1.48. The molecule has 0 atom stereocenters. The van der Waals surface area contributed by atoms with Crippen LogP contribution in [-0.2, 0) is 0 Å². The summed E-state index contributed by atoms with van der Waals surface area (Å²) in [6.45, 7) is 0. The van der Waals surface area contributed by atoms with Crippen molar-refractivity contribution in [2.45, 2.75) is 0 Å². The summed E-state index contributed by atoms with van der Waals surface area (Å²) in [6, 6.07) is 68.3. The minimum absolute atomic E-state index is 1.02. The van der Waals surface area contributed by atoms with Gasteiger partial charge in [0, 0.05) is 90.0 Å². The molecule has 0 unspecified atom stereocenters. The first kappa shape index (κ1) is 31.0. The lowest BCUT2D eigenvalue weighted by atomic mass is 9.97. The van der Waals surface area contributed by atoms with Crippen LogP contribution in [0.5, 0.6) is 0 Å². The Balaban J connectivity index is 1.29. The third kappa shape index (κ3) is 5.93. The van der Waals surface area contributed by atoms with Crippen LogP contribution in [0.3, 0.4) is 0 Å². The number of hydrogen-bond donors (Lipinski definition) is 4. The summed E-state index contributed by atoms with van der Waals surface area (Å²) in [5, 5.41) is 15.4. The summed E-state index contributed by atoms with van der Waals surface area (Å²) < 4.78 is 0. The van der Waals surface area contributed by atoms with E-state index in [1.165, 1.54) is 0 Å². The number of fused-ring (bicyclic) bond motifs is 12. The number of hydrogen-bond acceptors (Lipinski definition) is 4. The van der Waals surface area contributed by atoms with Crippen molar-refractivity contribution in [3.8, 4) is 44.5 Å². The second-order valence-corrected chi connectivity index (χ2v) is 12.9. The molecule has 52 heavy (non-hydrogen) atoms. The maximum atomic E-state index is 3.85. The van der Waals surface area contributed by atoms with Crippen LogP contribution in [0.1, 0.15) is 0 Å². The molecule has 0 saturated heterocycles. The first-order valence-electron chi connectivity index (χ1n) is 17.6. The lowest BCUT2D eigenvalue weighted by Crippen LogP contribution is -2.02. The zero-order valence-corrected chi connectivity index (χ0v) is 28.5. The monoisotopic (exact) mass is 668 g/mol. The molecule has 8 aromatic rings. The van der Waals surface area contributed by atoms with Gasteiger partial charge in [0.1, 0.15) is 0 Å². The molecule has 0 spiro atoms. The summed E-state index contributed by atoms with van der Waals surface area (Å²) in [6.07, 6.45) is 0. The zero-order valence-electron chi connectivity index (χ0n) is 28.5. The summed E-state index contributed by atoms with van der Waals surface area (Å²) >= 11 is 0. The molecule has 0 bridgehead atoms.